The van der Waals surface area contributed by atoms with Crippen LogP contribution in [0.3, 0.4) is 0 Å². The number of azide groups is 1. The summed E-state index contributed by atoms with van der Waals surface area (Å²) in [5.41, 5.74) is 7.94. The zero-order chi connectivity index (χ0) is 13.1. The lowest BCUT2D eigenvalue weighted by Gasteiger charge is -2.04. The van der Waals surface area contributed by atoms with Crippen LogP contribution < -0.4 is 0 Å². The van der Waals surface area contributed by atoms with Crippen LogP contribution in [-0.2, 0) is 19.3 Å². The number of nitrogens with zero attached hydrogens (tertiary/aromatic N) is 3. The van der Waals surface area contributed by atoms with Crippen molar-refractivity contribution >= 4 is 16.0 Å². The van der Waals surface area contributed by atoms with Gasteiger partial charge in [0.25, 0.3) is 0 Å². The van der Waals surface area contributed by atoms with Gasteiger partial charge in [-0.05, 0) is 5.53 Å². The third kappa shape index (κ3) is 10.8. The van der Waals surface area contributed by atoms with Gasteiger partial charge < -0.3 is 14.6 Å². The van der Waals surface area contributed by atoms with E-state index in [0.29, 0.717) is 0 Å². The second-order valence-corrected chi connectivity index (χ2v) is 5.14. The van der Waals surface area contributed by atoms with Crippen molar-refractivity contribution in [3.63, 3.8) is 0 Å². The Hall–Kier alpha value is -1.51. The van der Waals surface area contributed by atoms with E-state index in [1.807, 2.05) is 0 Å². The van der Waals surface area contributed by atoms with Gasteiger partial charge in [-0.1, -0.05) is 5.11 Å². The van der Waals surface area contributed by atoms with Gasteiger partial charge >= 0.3 is 6.16 Å². The Balaban J connectivity index is 3.64. The second kappa shape index (κ2) is 8.62. The summed E-state index contributed by atoms with van der Waals surface area (Å²) in [5, 5.41) is 11.3. The summed E-state index contributed by atoms with van der Waals surface area (Å²) in [6.07, 6.45) is -1.51. The maximum Gasteiger partial charge on any atom is 0.505 e. The van der Waals surface area contributed by atoms with Gasteiger partial charge in [0, 0.05) is 11.5 Å². The van der Waals surface area contributed by atoms with E-state index in [0.717, 1.165) is 0 Å². The van der Waals surface area contributed by atoms with E-state index < -0.39 is 22.6 Å². The Kier molecular flexibility index (Phi) is 7.85. The molecule has 1 N–H and O–H groups in total. The van der Waals surface area contributed by atoms with Crippen LogP contribution in [0.25, 0.3) is 10.4 Å². The molecule has 0 fully saturated rings. The molecule has 0 aliphatic rings. The van der Waals surface area contributed by atoms with Gasteiger partial charge in [0.2, 0.25) is 0 Å². The largest absolute Gasteiger partial charge is 0.505 e. The Morgan fingerprint density at radius 1 is 1.29 bits per heavy atom. The normalized spacial score (nSPS) is 10.6. The SMILES string of the molecule is [N-]=[N+]=NCCOCCS(=O)(=O)CCOC(=O)O. The first-order valence-corrected chi connectivity index (χ1v) is 6.45. The summed E-state index contributed by atoms with van der Waals surface area (Å²) >= 11 is 0. The Bertz CT molecular complexity index is 375. The summed E-state index contributed by atoms with van der Waals surface area (Å²) in [5.74, 6) is -0.606. The lowest BCUT2D eigenvalue weighted by Crippen LogP contribution is -2.20. The number of carbonyl (C=O) groups is 1. The molecule has 0 saturated heterocycles. The number of ether oxygens (including phenoxy) is 2. The van der Waals surface area contributed by atoms with Gasteiger partial charge in [0.05, 0.1) is 24.7 Å². The van der Waals surface area contributed by atoms with Crippen molar-refractivity contribution in [1.29, 1.82) is 0 Å². The average molecular weight is 267 g/mol. The lowest BCUT2D eigenvalue weighted by atomic mass is 10.7. The minimum absolute atomic E-state index is 0.0314. The fourth-order valence-electron chi connectivity index (χ4n) is 0.796. The highest BCUT2D eigenvalue weighted by Gasteiger charge is 2.11. The zero-order valence-corrected chi connectivity index (χ0v) is 9.80. The first kappa shape index (κ1) is 15.5. The highest BCUT2D eigenvalue weighted by atomic mass is 32.2. The van der Waals surface area contributed by atoms with Crippen molar-refractivity contribution < 1.29 is 27.8 Å². The first-order valence-electron chi connectivity index (χ1n) is 4.62. The van der Waals surface area contributed by atoms with E-state index in [1.165, 1.54) is 0 Å². The van der Waals surface area contributed by atoms with Crippen molar-refractivity contribution in [2.75, 3.05) is 37.9 Å². The molecular weight excluding hydrogens is 254 g/mol. The van der Waals surface area contributed by atoms with Crippen LogP contribution >= 0.6 is 0 Å². The number of sulfone groups is 1. The summed E-state index contributed by atoms with van der Waals surface area (Å²) in [6.45, 7) is -0.142. The summed E-state index contributed by atoms with van der Waals surface area (Å²) in [6, 6.07) is 0. The molecule has 0 atom stereocenters. The first-order chi connectivity index (χ1) is 7.98. The zero-order valence-electron chi connectivity index (χ0n) is 8.98. The Morgan fingerprint density at radius 3 is 2.53 bits per heavy atom. The molecule has 0 unspecified atom stereocenters. The maximum absolute atomic E-state index is 11.3. The molecule has 0 spiro atoms. The molecule has 0 heterocycles. The van der Waals surface area contributed by atoms with Crippen LogP contribution in [0.2, 0.25) is 0 Å². The molecule has 0 aromatic rings. The van der Waals surface area contributed by atoms with Gasteiger partial charge in [-0.2, -0.15) is 0 Å². The minimum atomic E-state index is -3.39. The van der Waals surface area contributed by atoms with Crippen LogP contribution in [0.15, 0.2) is 5.11 Å². The molecule has 10 heteroatoms. The Labute approximate surface area is 97.9 Å². The molecule has 0 saturated carbocycles. The predicted octanol–water partition coefficient (Wildman–Crippen LogP) is 0.423. The molecule has 0 bridgehead atoms. The minimum Gasteiger partial charge on any atom is -0.450 e. The van der Waals surface area contributed by atoms with Crippen molar-refractivity contribution in [2.24, 2.45) is 5.11 Å². The second-order valence-electron chi connectivity index (χ2n) is 2.83. The fraction of sp³-hybridized carbons (Fsp3) is 0.857. The molecule has 0 aliphatic carbocycles. The van der Waals surface area contributed by atoms with Gasteiger partial charge in [-0.15, -0.1) is 0 Å². The molecule has 0 rings (SSSR count). The molecule has 0 amide bonds. The predicted molar refractivity (Wildman–Crippen MR) is 57.5 cm³/mol. The topological polar surface area (TPSA) is 139 Å². The van der Waals surface area contributed by atoms with Crippen LogP contribution in [0.4, 0.5) is 4.79 Å². The fourth-order valence-corrected chi connectivity index (χ4v) is 1.71. The quantitative estimate of drug-likeness (QED) is 0.211. The van der Waals surface area contributed by atoms with Crippen molar-refractivity contribution in [3.8, 4) is 0 Å². The van der Waals surface area contributed by atoms with Crippen LogP contribution in [0.5, 0.6) is 0 Å². The Morgan fingerprint density at radius 2 is 1.94 bits per heavy atom. The molecule has 0 aromatic carbocycles. The highest BCUT2D eigenvalue weighted by Crippen LogP contribution is 1.92. The third-order valence-corrected chi connectivity index (χ3v) is 3.13. The molecule has 17 heavy (non-hydrogen) atoms. The van der Waals surface area contributed by atoms with Crippen LogP contribution in [0, 0.1) is 0 Å². The molecule has 0 radical (unpaired) electrons. The van der Waals surface area contributed by atoms with E-state index in [9.17, 15) is 13.2 Å². The maximum atomic E-state index is 11.3. The summed E-state index contributed by atoms with van der Waals surface area (Å²) in [7, 11) is -3.39. The van der Waals surface area contributed by atoms with Gasteiger partial charge in [0.15, 0.2) is 9.84 Å². The van der Waals surface area contributed by atoms with Crippen LogP contribution in [-0.4, -0.2) is 57.6 Å². The van der Waals surface area contributed by atoms with Crippen molar-refractivity contribution in [2.45, 2.75) is 0 Å². The number of carboxylic acid groups (broad SMARTS) is 1. The number of hydrogen-bond acceptors (Lipinski definition) is 6. The smallest absolute Gasteiger partial charge is 0.450 e. The van der Waals surface area contributed by atoms with Crippen molar-refractivity contribution in [1.82, 2.24) is 0 Å². The lowest BCUT2D eigenvalue weighted by molar-refractivity contribution is 0.0971. The molecule has 0 aliphatic heterocycles. The molecule has 0 aromatic heterocycles. The monoisotopic (exact) mass is 267 g/mol. The number of hydrogen-bond donors (Lipinski definition) is 1. The van der Waals surface area contributed by atoms with E-state index >= 15 is 0 Å². The third-order valence-electron chi connectivity index (χ3n) is 1.56. The van der Waals surface area contributed by atoms with E-state index in [4.69, 9.17) is 15.4 Å². The van der Waals surface area contributed by atoms with E-state index in [-0.39, 0.29) is 31.3 Å². The standard InChI is InChI=1S/C7H13N3O6S/c8-10-9-1-2-15-3-5-17(13,14)6-4-16-7(11)12/h1-6H2,(H,11,12). The van der Waals surface area contributed by atoms with Gasteiger partial charge in [-0.3, -0.25) is 0 Å². The summed E-state index contributed by atoms with van der Waals surface area (Å²) < 4.78 is 31.5. The van der Waals surface area contributed by atoms with Gasteiger partial charge in [-0.25, -0.2) is 13.2 Å². The van der Waals surface area contributed by atoms with E-state index in [1.54, 1.807) is 0 Å². The van der Waals surface area contributed by atoms with Crippen LogP contribution in [0.1, 0.15) is 0 Å². The number of rotatable bonds is 9. The van der Waals surface area contributed by atoms with E-state index in [2.05, 4.69) is 14.8 Å². The summed E-state index contributed by atoms with van der Waals surface area (Å²) in [4.78, 5) is 12.5. The van der Waals surface area contributed by atoms with Gasteiger partial charge in [0.1, 0.15) is 6.61 Å². The van der Waals surface area contributed by atoms with Crippen molar-refractivity contribution in [3.05, 3.63) is 10.4 Å². The molecule has 9 nitrogen and oxygen atoms in total. The molecular formula is C7H13N3O6S. The highest BCUT2D eigenvalue weighted by molar-refractivity contribution is 7.91. The molecule has 98 valence electrons. The average Bonchev–Trinajstić information content (AvgIpc) is 2.22.